The Morgan fingerprint density at radius 2 is 1.79 bits per heavy atom. The molecule has 5 rings (SSSR count). The average Bonchev–Trinajstić information content (AvgIpc) is 3.39. The van der Waals surface area contributed by atoms with Gasteiger partial charge in [-0.3, -0.25) is 14.3 Å². The van der Waals surface area contributed by atoms with Crippen molar-refractivity contribution in [1.82, 2.24) is 19.4 Å². The summed E-state index contributed by atoms with van der Waals surface area (Å²) < 4.78 is 17.1. The summed E-state index contributed by atoms with van der Waals surface area (Å²) in [5.74, 6) is 0. The second-order valence-electron chi connectivity index (χ2n) is 7.99. The van der Waals surface area contributed by atoms with Crippen LogP contribution >= 0.6 is 0 Å². The van der Waals surface area contributed by atoms with Gasteiger partial charge in [0.05, 0.1) is 12.2 Å². The Morgan fingerprint density at radius 1 is 1.07 bits per heavy atom. The molecule has 2 heterocycles. The number of urea groups is 1. The predicted octanol–water partition coefficient (Wildman–Crippen LogP) is 2.15. The summed E-state index contributed by atoms with van der Waals surface area (Å²) >= 11 is 0. The first-order chi connectivity index (χ1) is 13.6. The van der Waals surface area contributed by atoms with Crippen molar-refractivity contribution >= 4 is 22.7 Å². The van der Waals surface area contributed by atoms with Gasteiger partial charge in [0.25, 0.3) is 0 Å². The number of carbonyl (C=O) groups excluding carboxylic acids is 1. The van der Waals surface area contributed by atoms with Gasteiger partial charge in [0.15, 0.2) is 16.0 Å². The van der Waals surface area contributed by atoms with Crippen LogP contribution in [-0.2, 0) is 49.8 Å². The van der Waals surface area contributed by atoms with E-state index in [0.717, 1.165) is 69.5 Å². The van der Waals surface area contributed by atoms with Gasteiger partial charge < -0.3 is 5.32 Å². The van der Waals surface area contributed by atoms with Gasteiger partial charge in [-0.1, -0.05) is 6.07 Å². The zero-order valence-electron chi connectivity index (χ0n) is 16.1. The molecule has 1 unspecified atom stereocenters. The lowest BCUT2D eigenvalue weighted by molar-refractivity contribution is 0.256. The molecule has 8 heteroatoms. The molecule has 2 amide bonds. The van der Waals surface area contributed by atoms with E-state index in [1.165, 1.54) is 22.3 Å². The Morgan fingerprint density at radius 3 is 2.50 bits per heavy atom. The van der Waals surface area contributed by atoms with E-state index < -0.39 is 17.0 Å². The number of nitrogens with one attached hydrogen (secondary N) is 2. The van der Waals surface area contributed by atoms with Crippen LogP contribution in [-0.4, -0.2) is 38.5 Å². The number of carbonyl (C=O) groups is 1. The number of rotatable bonds is 3. The van der Waals surface area contributed by atoms with E-state index in [4.69, 9.17) is 0 Å². The molecule has 2 aliphatic carbocycles. The van der Waals surface area contributed by atoms with E-state index in [2.05, 4.69) is 33.2 Å². The number of nitrogens with zero attached hydrogens (tertiary/aromatic N) is 3. The van der Waals surface area contributed by atoms with Gasteiger partial charge in [-0.25, -0.2) is 9.00 Å². The fraction of sp³-hybridized carbons (Fsp3) is 0.500. The molecule has 1 aromatic heterocycles. The molecule has 2 N–H and O–H groups in total. The lowest BCUT2D eigenvalue weighted by Crippen LogP contribution is -2.31. The van der Waals surface area contributed by atoms with Gasteiger partial charge >= 0.3 is 6.03 Å². The van der Waals surface area contributed by atoms with Gasteiger partial charge in [-0.15, -0.1) is 0 Å². The van der Waals surface area contributed by atoms with Gasteiger partial charge in [-0.05, 0) is 73.9 Å². The minimum Gasteiger partial charge on any atom is -0.307 e. The SMILES string of the molecule is CN1CCn2nc(S(=O)NC(=O)Nc3c4c(cc5c3CCC5)CCC4)cc2C1. The Balaban J connectivity index is 1.33. The summed E-state index contributed by atoms with van der Waals surface area (Å²) in [4.78, 5) is 14.8. The fourth-order valence-corrected chi connectivity index (χ4v) is 5.44. The maximum atomic E-state index is 12.7. The maximum Gasteiger partial charge on any atom is 0.331 e. The highest BCUT2D eigenvalue weighted by Gasteiger charge is 2.26. The lowest BCUT2D eigenvalue weighted by Gasteiger charge is -2.22. The number of fused-ring (bicyclic) bond motifs is 3. The molecule has 0 fully saturated rings. The molecule has 0 bridgehead atoms. The number of anilines is 1. The summed E-state index contributed by atoms with van der Waals surface area (Å²) in [5, 5.41) is 7.84. The highest BCUT2D eigenvalue weighted by atomic mass is 32.2. The van der Waals surface area contributed by atoms with Crippen LogP contribution in [0.25, 0.3) is 0 Å². The van der Waals surface area contributed by atoms with Crippen molar-refractivity contribution in [3.8, 4) is 0 Å². The summed E-state index contributed by atoms with van der Waals surface area (Å²) in [5.41, 5.74) is 7.25. The topological polar surface area (TPSA) is 79.3 Å². The number of hydrogen-bond acceptors (Lipinski definition) is 4. The molecule has 1 aromatic carbocycles. The molecular formula is C20H25N5O2S. The number of likely N-dealkylation sites (N-methyl/N-ethyl adjacent to an activating group) is 1. The molecule has 0 saturated carbocycles. The third-order valence-electron chi connectivity index (χ3n) is 6.05. The van der Waals surface area contributed by atoms with Crippen LogP contribution in [0.5, 0.6) is 0 Å². The minimum atomic E-state index is -1.67. The highest BCUT2D eigenvalue weighted by molar-refractivity contribution is 7.83. The molecule has 0 spiro atoms. The van der Waals surface area contributed by atoms with Gasteiger partial charge in [0, 0.05) is 18.8 Å². The van der Waals surface area contributed by atoms with Crippen LogP contribution in [0.15, 0.2) is 17.2 Å². The number of benzene rings is 1. The van der Waals surface area contributed by atoms with Crippen LogP contribution in [0.1, 0.15) is 40.8 Å². The quantitative estimate of drug-likeness (QED) is 0.829. The Labute approximate surface area is 167 Å². The summed E-state index contributed by atoms with van der Waals surface area (Å²) in [6.07, 6.45) is 6.44. The highest BCUT2D eigenvalue weighted by Crippen LogP contribution is 2.38. The number of aryl methyl sites for hydroxylation is 2. The monoisotopic (exact) mass is 399 g/mol. The molecule has 0 radical (unpaired) electrons. The van der Waals surface area contributed by atoms with Gasteiger partial charge in [0.2, 0.25) is 0 Å². The molecule has 148 valence electrons. The van der Waals surface area contributed by atoms with Crippen molar-refractivity contribution < 1.29 is 9.00 Å². The molecule has 3 aliphatic rings. The Kier molecular flexibility index (Phi) is 4.47. The molecule has 28 heavy (non-hydrogen) atoms. The fourth-order valence-electron chi connectivity index (χ4n) is 4.70. The molecule has 1 aliphatic heterocycles. The van der Waals surface area contributed by atoms with Crippen molar-refractivity contribution in [3.05, 3.63) is 40.1 Å². The smallest absolute Gasteiger partial charge is 0.307 e. The van der Waals surface area contributed by atoms with Crippen LogP contribution in [0.4, 0.5) is 10.5 Å². The zero-order valence-corrected chi connectivity index (χ0v) is 16.9. The van der Waals surface area contributed by atoms with Crippen molar-refractivity contribution in [1.29, 1.82) is 0 Å². The molecule has 2 aromatic rings. The number of aromatic nitrogens is 2. The van der Waals surface area contributed by atoms with E-state index >= 15 is 0 Å². The van der Waals surface area contributed by atoms with E-state index in [1.54, 1.807) is 0 Å². The third kappa shape index (κ3) is 3.14. The van der Waals surface area contributed by atoms with Gasteiger partial charge in [0.1, 0.15) is 0 Å². The largest absolute Gasteiger partial charge is 0.331 e. The first kappa shape index (κ1) is 17.9. The van der Waals surface area contributed by atoms with Crippen LogP contribution in [0.3, 0.4) is 0 Å². The van der Waals surface area contributed by atoms with E-state index in [-0.39, 0.29) is 0 Å². The van der Waals surface area contributed by atoms with E-state index in [9.17, 15) is 9.00 Å². The number of amides is 2. The molecule has 7 nitrogen and oxygen atoms in total. The van der Waals surface area contributed by atoms with E-state index in [0.29, 0.717) is 5.03 Å². The first-order valence-electron chi connectivity index (χ1n) is 9.99. The van der Waals surface area contributed by atoms with Crippen LogP contribution in [0.2, 0.25) is 0 Å². The molecular weight excluding hydrogens is 374 g/mol. The maximum absolute atomic E-state index is 12.7. The van der Waals surface area contributed by atoms with E-state index in [1.807, 2.05) is 10.7 Å². The third-order valence-corrected chi connectivity index (χ3v) is 7.00. The van der Waals surface area contributed by atoms with Crippen LogP contribution < -0.4 is 10.0 Å². The lowest BCUT2D eigenvalue weighted by atomic mass is 9.99. The summed E-state index contributed by atoms with van der Waals surface area (Å²) in [6.45, 7) is 2.47. The van der Waals surface area contributed by atoms with Crippen molar-refractivity contribution in [2.45, 2.75) is 56.6 Å². The normalized spacial score (nSPS) is 19.0. The standard InChI is InChI=1S/C20H25N5O2S/c1-24-8-9-25-15(12-24)11-18(22-25)28(27)23-20(26)21-19-16-6-2-4-13(16)10-14-5-3-7-17(14)19/h10-11H,2-9,12H2,1H3,(H2,21,23,26). The second-order valence-corrected chi connectivity index (χ2v) is 9.15. The van der Waals surface area contributed by atoms with Crippen LogP contribution in [0, 0.1) is 0 Å². The van der Waals surface area contributed by atoms with Gasteiger partial charge in [-0.2, -0.15) is 5.10 Å². The molecule has 1 atom stereocenters. The average molecular weight is 400 g/mol. The second kappa shape index (κ2) is 7.00. The molecule has 0 saturated heterocycles. The summed E-state index contributed by atoms with van der Waals surface area (Å²) in [7, 11) is 0.379. The van der Waals surface area contributed by atoms with Crippen molar-refractivity contribution in [2.75, 3.05) is 18.9 Å². The number of hydrogen-bond donors (Lipinski definition) is 2. The first-order valence-corrected chi connectivity index (χ1v) is 11.1. The Hall–Kier alpha value is -2.19. The minimum absolute atomic E-state index is 0.406. The van der Waals surface area contributed by atoms with Crippen molar-refractivity contribution in [3.63, 3.8) is 0 Å². The predicted molar refractivity (Wildman–Crippen MR) is 108 cm³/mol. The van der Waals surface area contributed by atoms with Crippen molar-refractivity contribution in [2.24, 2.45) is 0 Å². The summed E-state index contributed by atoms with van der Waals surface area (Å²) in [6, 6.07) is 3.73. The zero-order chi connectivity index (χ0) is 19.3. The Bertz CT molecular complexity index is 951.